The van der Waals surface area contributed by atoms with Crippen LogP contribution in [0.4, 0.5) is 11.4 Å². The lowest BCUT2D eigenvalue weighted by molar-refractivity contribution is -0.122. The van der Waals surface area contributed by atoms with Gasteiger partial charge in [-0.15, -0.1) is 0 Å². The second kappa shape index (κ2) is 6.54. The number of halogens is 1. The molecule has 0 spiro atoms. The summed E-state index contributed by atoms with van der Waals surface area (Å²) in [5.74, 6) is -0.475. The van der Waals surface area contributed by atoms with Crippen LogP contribution in [0.1, 0.15) is 12.0 Å². The van der Waals surface area contributed by atoms with Gasteiger partial charge in [-0.3, -0.25) is 9.59 Å². The van der Waals surface area contributed by atoms with Crippen molar-refractivity contribution in [2.24, 2.45) is 5.92 Å². The molecule has 2 aromatic rings. The van der Waals surface area contributed by atoms with Crippen molar-refractivity contribution in [1.82, 2.24) is 0 Å². The Morgan fingerprint density at radius 2 is 1.87 bits per heavy atom. The zero-order chi connectivity index (χ0) is 16.4. The maximum absolute atomic E-state index is 12.4. The van der Waals surface area contributed by atoms with Crippen LogP contribution in [0.5, 0.6) is 0 Å². The Hall–Kier alpha value is -2.14. The molecule has 2 aromatic carbocycles. The third kappa shape index (κ3) is 3.45. The average molecular weight is 373 g/mol. The molecule has 1 aliphatic rings. The number of hydrogen-bond acceptors (Lipinski definition) is 2. The number of aryl methyl sites for hydroxylation is 1. The lowest BCUT2D eigenvalue weighted by atomic mass is 10.1. The van der Waals surface area contributed by atoms with Crippen LogP contribution in [0.2, 0.25) is 0 Å². The van der Waals surface area contributed by atoms with Crippen molar-refractivity contribution in [2.45, 2.75) is 13.3 Å². The SMILES string of the molecule is Cc1ccc(N2C[C@H](C(=O)Nc3ccccc3Br)CC2=O)cc1. The van der Waals surface area contributed by atoms with Gasteiger partial charge >= 0.3 is 0 Å². The number of carbonyl (C=O) groups excluding carboxylic acids is 2. The monoisotopic (exact) mass is 372 g/mol. The van der Waals surface area contributed by atoms with Gasteiger partial charge in [0.1, 0.15) is 0 Å². The van der Waals surface area contributed by atoms with Crippen molar-refractivity contribution in [3.63, 3.8) is 0 Å². The van der Waals surface area contributed by atoms with Gasteiger partial charge < -0.3 is 10.2 Å². The minimum Gasteiger partial charge on any atom is -0.325 e. The molecule has 0 bridgehead atoms. The van der Waals surface area contributed by atoms with E-state index in [-0.39, 0.29) is 24.2 Å². The standard InChI is InChI=1S/C18H17BrN2O2/c1-12-6-8-14(9-7-12)21-11-13(10-17(21)22)18(23)20-16-5-3-2-4-15(16)19/h2-9,13H,10-11H2,1H3,(H,20,23)/t13-/m1/s1. The fraction of sp³-hybridized carbons (Fsp3) is 0.222. The summed E-state index contributed by atoms with van der Waals surface area (Å²) in [6, 6.07) is 15.2. The lowest BCUT2D eigenvalue weighted by Gasteiger charge is -2.17. The van der Waals surface area contributed by atoms with Gasteiger partial charge in [0.05, 0.1) is 11.6 Å². The van der Waals surface area contributed by atoms with Gasteiger partial charge in [0.25, 0.3) is 0 Å². The molecule has 1 atom stereocenters. The molecule has 0 saturated carbocycles. The first-order valence-electron chi connectivity index (χ1n) is 7.47. The van der Waals surface area contributed by atoms with E-state index in [1.807, 2.05) is 55.5 Å². The molecule has 0 aliphatic carbocycles. The maximum Gasteiger partial charge on any atom is 0.229 e. The number of benzene rings is 2. The summed E-state index contributed by atoms with van der Waals surface area (Å²) in [7, 11) is 0. The van der Waals surface area contributed by atoms with Crippen LogP contribution in [0, 0.1) is 12.8 Å². The van der Waals surface area contributed by atoms with Crippen molar-refractivity contribution in [3.05, 3.63) is 58.6 Å². The highest BCUT2D eigenvalue weighted by molar-refractivity contribution is 9.10. The number of nitrogens with one attached hydrogen (secondary N) is 1. The van der Waals surface area contributed by atoms with Gasteiger partial charge in [0, 0.05) is 23.1 Å². The Morgan fingerprint density at radius 3 is 2.57 bits per heavy atom. The highest BCUT2D eigenvalue weighted by Crippen LogP contribution is 2.27. The number of anilines is 2. The summed E-state index contributed by atoms with van der Waals surface area (Å²) in [5, 5.41) is 2.89. The Labute approximate surface area is 143 Å². The first-order chi connectivity index (χ1) is 11.0. The Kier molecular flexibility index (Phi) is 4.48. The van der Waals surface area contributed by atoms with E-state index >= 15 is 0 Å². The zero-order valence-electron chi connectivity index (χ0n) is 12.8. The van der Waals surface area contributed by atoms with Crippen LogP contribution < -0.4 is 10.2 Å². The summed E-state index contributed by atoms with van der Waals surface area (Å²) in [4.78, 5) is 26.3. The topological polar surface area (TPSA) is 49.4 Å². The van der Waals surface area contributed by atoms with Gasteiger partial charge in [0.2, 0.25) is 11.8 Å². The van der Waals surface area contributed by atoms with Crippen molar-refractivity contribution in [1.29, 1.82) is 0 Å². The molecule has 23 heavy (non-hydrogen) atoms. The van der Waals surface area contributed by atoms with Gasteiger partial charge in [-0.2, -0.15) is 0 Å². The van der Waals surface area contributed by atoms with E-state index < -0.39 is 0 Å². The second-order valence-electron chi connectivity index (χ2n) is 5.71. The number of carbonyl (C=O) groups is 2. The van der Waals surface area contributed by atoms with Crippen LogP contribution in [0.3, 0.4) is 0 Å². The number of para-hydroxylation sites is 1. The minimum absolute atomic E-state index is 0.0128. The molecule has 0 unspecified atom stereocenters. The molecule has 0 aromatic heterocycles. The highest BCUT2D eigenvalue weighted by Gasteiger charge is 2.35. The van der Waals surface area contributed by atoms with E-state index in [0.717, 1.165) is 21.4 Å². The van der Waals surface area contributed by atoms with Gasteiger partial charge in [-0.1, -0.05) is 29.8 Å². The van der Waals surface area contributed by atoms with Crippen molar-refractivity contribution in [3.8, 4) is 0 Å². The normalized spacial score (nSPS) is 17.4. The molecule has 1 N–H and O–H groups in total. The third-order valence-electron chi connectivity index (χ3n) is 3.97. The Bertz CT molecular complexity index is 743. The fourth-order valence-electron chi connectivity index (χ4n) is 2.65. The van der Waals surface area contributed by atoms with E-state index in [9.17, 15) is 9.59 Å². The van der Waals surface area contributed by atoms with Crippen LogP contribution in [-0.4, -0.2) is 18.4 Å². The number of nitrogens with zero attached hydrogens (tertiary/aromatic N) is 1. The number of hydrogen-bond donors (Lipinski definition) is 1. The van der Waals surface area contributed by atoms with E-state index in [0.29, 0.717) is 6.54 Å². The van der Waals surface area contributed by atoms with Crippen LogP contribution in [0.25, 0.3) is 0 Å². The molecule has 5 heteroatoms. The van der Waals surface area contributed by atoms with Crippen LogP contribution in [0.15, 0.2) is 53.0 Å². The smallest absolute Gasteiger partial charge is 0.229 e. The molecule has 3 rings (SSSR count). The molecule has 1 aliphatic heterocycles. The molecule has 1 heterocycles. The van der Waals surface area contributed by atoms with Crippen molar-refractivity contribution in [2.75, 3.05) is 16.8 Å². The fourth-order valence-corrected chi connectivity index (χ4v) is 3.04. The molecule has 2 amide bonds. The first-order valence-corrected chi connectivity index (χ1v) is 8.26. The summed E-state index contributed by atoms with van der Waals surface area (Å²) in [6.07, 6.45) is 0.240. The second-order valence-corrected chi connectivity index (χ2v) is 6.56. The quantitative estimate of drug-likeness (QED) is 0.891. The Balaban J connectivity index is 1.71. The van der Waals surface area contributed by atoms with Crippen molar-refractivity contribution >= 4 is 39.1 Å². The van der Waals surface area contributed by atoms with Crippen LogP contribution >= 0.6 is 15.9 Å². The maximum atomic E-state index is 12.4. The zero-order valence-corrected chi connectivity index (χ0v) is 14.3. The summed E-state index contributed by atoms with van der Waals surface area (Å²) in [6.45, 7) is 2.42. The minimum atomic E-state index is -0.337. The summed E-state index contributed by atoms with van der Waals surface area (Å²) < 4.78 is 0.827. The predicted molar refractivity (Wildman–Crippen MR) is 94.4 cm³/mol. The lowest BCUT2D eigenvalue weighted by Crippen LogP contribution is -2.28. The summed E-state index contributed by atoms with van der Waals surface area (Å²) in [5.41, 5.74) is 2.71. The molecule has 1 fully saturated rings. The summed E-state index contributed by atoms with van der Waals surface area (Å²) >= 11 is 3.41. The first kappa shape index (κ1) is 15.7. The van der Waals surface area contributed by atoms with Gasteiger partial charge in [-0.25, -0.2) is 0 Å². The number of rotatable bonds is 3. The molecule has 4 nitrogen and oxygen atoms in total. The third-order valence-corrected chi connectivity index (χ3v) is 4.66. The van der Waals surface area contributed by atoms with E-state index in [2.05, 4.69) is 21.2 Å². The highest BCUT2D eigenvalue weighted by atomic mass is 79.9. The molecular weight excluding hydrogens is 356 g/mol. The molecule has 0 radical (unpaired) electrons. The largest absolute Gasteiger partial charge is 0.325 e. The number of amides is 2. The van der Waals surface area contributed by atoms with E-state index in [1.165, 1.54) is 0 Å². The van der Waals surface area contributed by atoms with E-state index in [4.69, 9.17) is 0 Å². The average Bonchev–Trinajstić information content (AvgIpc) is 2.92. The predicted octanol–water partition coefficient (Wildman–Crippen LogP) is 3.75. The molecule has 118 valence electrons. The van der Waals surface area contributed by atoms with Gasteiger partial charge in [0.15, 0.2) is 0 Å². The van der Waals surface area contributed by atoms with Crippen molar-refractivity contribution < 1.29 is 9.59 Å². The van der Waals surface area contributed by atoms with Crippen LogP contribution in [-0.2, 0) is 9.59 Å². The molecular formula is C18H17BrN2O2. The Morgan fingerprint density at radius 1 is 1.17 bits per heavy atom. The van der Waals surface area contributed by atoms with Gasteiger partial charge in [-0.05, 0) is 47.1 Å². The molecule has 1 saturated heterocycles. The van der Waals surface area contributed by atoms with E-state index in [1.54, 1.807) is 4.90 Å².